The third-order valence-electron chi connectivity index (χ3n) is 3.02. The van der Waals surface area contributed by atoms with Crippen LogP contribution in [0, 0.1) is 5.82 Å². The zero-order chi connectivity index (χ0) is 17.9. The van der Waals surface area contributed by atoms with Crippen LogP contribution in [-0.2, 0) is 0 Å². The van der Waals surface area contributed by atoms with E-state index in [0.717, 1.165) is 17.7 Å². The van der Waals surface area contributed by atoms with Crippen LogP contribution in [0.1, 0.15) is 26.7 Å². The molecule has 0 atom stereocenters. The van der Waals surface area contributed by atoms with Crippen molar-refractivity contribution in [2.75, 3.05) is 17.4 Å². The fraction of sp³-hybridized carbons (Fsp3) is 0.333. The van der Waals surface area contributed by atoms with Crippen LogP contribution in [0.4, 0.5) is 10.1 Å². The molecule has 2 N–H and O–H groups in total. The van der Waals surface area contributed by atoms with E-state index in [-0.39, 0.29) is 5.82 Å². The first-order valence-electron chi connectivity index (χ1n) is 7.96. The van der Waals surface area contributed by atoms with Crippen molar-refractivity contribution in [2.24, 2.45) is 5.73 Å². The molecular formula is C18H23Cl2FN2S. The monoisotopic (exact) mass is 388 g/mol. The van der Waals surface area contributed by atoms with E-state index in [1.54, 1.807) is 12.1 Å². The van der Waals surface area contributed by atoms with Crippen LogP contribution in [0.2, 0.25) is 10.0 Å². The average molecular weight is 389 g/mol. The molecular weight excluding hydrogens is 366 g/mol. The molecule has 0 unspecified atom stereocenters. The van der Waals surface area contributed by atoms with Gasteiger partial charge in [-0.05, 0) is 73.8 Å². The summed E-state index contributed by atoms with van der Waals surface area (Å²) in [6.07, 6.45) is 1.77. The number of benzene rings is 2. The minimum absolute atomic E-state index is 0.293. The molecule has 0 radical (unpaired) electrons. The van der Waals surface area contributed by atoms with E-state index in [9.17, 15) is 4.39 Å². The Kier molecular flexibility index (Phi) is 10.2. The molecule has 0 bridgehead atoms. The minimum Gasteiger partial charge on any atom is -0.330 e. The number of nitrogens with zero attached hydrogens (tertiary/aromatic N) is 1. The van der Waals surface area contributed by atoms with Crippen LogP contribution in [0.3, 0.4) is 0 Å². The standard InChI is InChI=1S/C16H17Cl2FN2S.C2H6/c17-12-3-6-14(7-4-12)22-21(10-2-1-9-20)16-11-13(18)5-8-15(16)19;1-2/h3-8,11H,1-2,9-10,20H2;1-2H3. The third-order valence-corrected chi connectivity index (χ3v) is 4.59. The lowest BCUT2D eigenvalue weighted by molar-refractivity contribution is 0.625. The van der Waals surface area contributed by atoms with Gasteiger partial charge < -0.3 is 10.0 Å². The fourth-order valence-corrected chi connectivity index (χ4v) is 3.18. The molecule has 6 heteroatoms. The summed E-state index contributed by atoms with van der Waals surface area (Å²) in [5.74, 6) is -0.293. The molecule has 2 aromatic rings. The van der Waals surface area contributed by atoms with Crippen LogP contribution < -0.4 is 10.0 Å². The third kappa shape index (κ3) is 6.89. The van der Waals surface area contributed by atoms with Gasteiger partial charge in [-0.25, -0.2) is 4.39 Å². The second-order valence-electron chi connectivity index (χ2n) is 4.74. The van der Waals surface area contributed by atoms with Gasteiger partial charge in [0.25, 0.3) is 0 Å². The summed E-state index contributed by atoms with van der Waals surface area (Å²) in [6, 6.07) is 12.0. The topological polar surface area (TPSA) is 29.3 Å². The number of hydrogen-bond donors (Lipinski definition) is 1. The van der Waals surface area contributed by atoms with E-state index in [1.807, 2.05) is 42.4 Å². The average Bonchev–Trinajstić information content (AvgIpc) is 2.60. The van der Waals surface area contributed by atoms with Crippen molar-refractivity contribution in [3.63, 3.8) is 0 Å². The number of unbranched alkanes of at least 4 members (excludes halogenated alkanes) is 1. The van der Waals surface area contributed by atoms with Crippen LogP contribution in [0.25, 0.3) is 0 Å². The molecule has 132 valence electrons. The molecule has 0 saturated carbocycles. The Bertz CT molecular complexity index is 608. The van der Waals surface area contributed by atoms with Crippen molar-refractivity contribution in [3.05, 3.63) is 58.3 Å². The van der Waals surface area contributed by atoms with Crippen LogP contribution in [0.5, 0.6) is 0 Å². The Hall–Kier alpha value is -0.940. The zero-order valence-corrected chi connectivity index (χ0v) is 16.3. The molecule has 0 heterocycles. The minimum atomic E-state index is -0.293. The van der Waals surface area contributed by atoms with Crippen LogP contribution >= 0.6 is 35.1 Å². The summed E-state index contributed by atoms with van der Waals surface area (Å²) in [5, 5.41) is 1.19. The smallest absolute Gasteiger partial charge is 0.147 e. The van der Waals surface area contributed by atoms with Gasteiger partial charge in [0.05, 0.1) is 5.69 Å². The van der Waals surface area contributed by atoms with Gasteiger partial charge in [-0.1, -0.05) is 37.0 Å². The highest BCUT2D eigenvalue weighted by atomic mass is 35.5. The van der Waals surface area contributed by atoms with Crippen LogP contribution in [0.15, 0.2) is 47.4 Å². The van der Waals surface area contributed by atoms with E-state index < -0.39 is 0 Å². The summed E-state index contributed by atoms with van der Waals surface area (Å²) >= 11 is 13.4. The maximum Gasteiger partial charge on any atom is 0.147 e. The lowest BCUT2D eigenvalue weighted by atomic mass is 10.2. The lowest BCUT2D eigenvalue weighted by Gasteiger charge is -2.24. The molecule has 0 aliphatic carbocycles. The molecule has 2 rings (SSSR count). The molecule has 0 aliphatic heterocycles. The Morgan fingerprint density at radius 2 is 1.62 bits per heavy atom. The summed E-state index contributed by atoms with van der Waals surface area (Å²) in [6.45, 7) is 5.30. The fourth-order valence-electron chi connectivity index (χ4n) is 1.91. The normalized spacial score (nSPS) is 10.1. The van der Waals surface area contributed by atoms with Gasteiger partial charge >= 0.3 is 0 Å². The predicted molar refractivity (Wildman–Crippen MR) is 106 cm³/mol. The highest BCUT2D eigenvalue weighted by molar-refractivity contribution is 8.00. The number of hydrogen-bond acceptors (Lipinski definition) is 3. The first-order valence-corrected chi connectivity index (χ1v) is 9.49. The SMILES string of the molecule is CC.NCCCCN(Sc1ccc(Cl)cc1)c1cc(Cl)ccc1F. The van der Waals surface area contributed by atoms with Crippen molar-refractivity contribution < 1.29 is 4.39 Å². The first-order chi connectivity index (χ1) is 11.6. The largest absolute Gasteiger partial charge is 0.330 e. The highest BCUT2D eigenvalue weighted by Gasteiger charge is 2.14. The van der Waals surface area contributed by atoms with Crippen molar-refractivity contribution >= 4 is 40.8 Å². The van der Waals surface area contributed by atoms with Crippen LogP contribution in [-0.4, -0.2) is 13.1 Å². The van der Waals surface area contributed by atoms with E-state index in [1.165, 1.54) is 18.0 Å². The summed E-state index contributed by atoms with van der Waals surface area (Å²) in [5.41, 5.74) is 6.02. The Balaban J connectivity index is 0.00000139. The van der Waals surface area contributed by atoms with Gasteiger partial charge in [-0.15, -0.1) is 0 Å². The van der Waals surface area contributed by atoms with Crippen molar-refractivity contribution in [1.82, 2.24) is 0 Å². The van der Waals surface area contributed by atoms with Crippen molar-refractivity contribution in [1.29, 1.82) is 0 Å². The van der Waals surface area contributed by atoms with Crippen molar-refractivity contribution in [3.8, 4) is 0 Å². The van der Waals surface area contributed by atoms with Gasteiger partial charge in [-0.3, -0.25) is 0 Å². The van der Waals surface area contributed by atoms with Gasteiger partial charge in [-0.2, -0.15) is 0 Å². The Morgan fingerprint density at radius 3 is 2.25 bits per heavy atom. The molecule has 0 fully saturated rings. The van der Waals surface area contributed by atoms with E-state index in [0.29, 0.717) is 28.8 Å². The first kappa shape index (κ1) is 21.1. The van der Waals surface area contributed by atoms with E-state index >= 15 is 0 Å². The summed E-state index contributed by atoms with van der Waals surface area (Å²) in [7, 11) is 0. The second kappa shape index (κ2) is 11.6. The molecule has 24 heavy (non-hydrogen) atoms. The molecule has 0 aromatic heterocycles. The Morgan fingerprint density at radius 1 is 1.00 bits per heavy atom. The number of nitrogens with two attached hydrogens (primary N) is 1. The summed E-state index contributed by atoms with van der Waals surface area (Å²) in [4.78, 5) is 0.983. The van der Waals surface area contributed by atoms with Gasteiger partial charge in [0.1, 0.15) is 5.82 Å². The van der Waals surface area contributed by atoms with Crippen molar-refractivity contribution in [2.45, 2.75) is 31.6 Å². The molecule has 0 amide bonds. The van der Waals surface area contributed by atoms with E-state index in [2.05, 4.69) is 0 Å². The molecule has 2 aromatic carbocycles. The maximum absolute atomic E-state index is 14.1. The lowest BCUT2D eigenvalue weighted by Crippen LogP contribution is -2.18. The molecule has 0 spiro atoms. The quantitative estimate of drug-likeness (QED) is 0.438. The van der Waals surface area contributed by atoms with E-state index in [4.69, 9.17) is 28.9 Å². The Labute approximate surface area is 158 Å². The zero-order valence-electron chi connectivity index (χ0n) is 13.9. The number of halogens is 3. The number of rotatable bonds is 7. The number of anilines is 1. The van der Waals surface area contributed by atoms with Gasteiger partial charge in [0.15, 0.2) is 0 Å². The van der Waals surface area contributed by atoms with Gasteiger partial charge in [0, 0.05) is 21.5 Å². The molecule has 2 nitrogen and oxygen atoms in total. The predicted octanol–water partition coefficient (Wildman–Crippen LogP) is 6.41. The molecule has 0 saturated heterocycles. The maximum atomic E-state index is 14.1. The second-order valence-corrected chi connectivity index (χ2v) is 6.71. The highest BCUT2D eigenvalue weighted by Crippen LogP contribution is 2.33. The molecule has 0 aliphatic rings. The summed E-state index contributed by atoms with van der Waals surface area (Å²) < 4.78 is 16.0. The van der Waals surface area contributed by atoms with Gasteiger partial charge in [0.2, 0.25) is 0 Å².